The molecule has 0 bridgehead atoms. The summed E-state index contributed by atoms with van der Waals surface area (Å²) >= 11 is 0. The van der Waals surface area contributed by atoms with Crippen molar-refractivity contribution in [2.75, 3.05) is 39.3 Å². The quantitative estimate of drug-likeness (QED) is 0.736. The number of aromatic nitrogens is 3. The van der Waals surface area contributed by atoms with Crippen LogP contribution in [0.3, 0.4) is 0 Å². The molecule has 2 saturated heterocycles. The van der Waals surface area contributed by atoms with Gasteiger partial charge in [-0.2, -0.15) is 18.3 Å². The molecule has 1 atom stereocenters. The van der Waals surface area contributed by atoms with Crippen LogP contribution in [0.2, 0.25) is 0 Å². The molecule has 2 aromatic heterocycles. The molecule has 1 amide bonds. The van der Waals surface area contributed by atoms with Gasteiger partial charge in [-0.15, -0.1) is 0 Å². The smallest absolute Gasteiger partial charge is 0.377 e. The molecular weight excluding hydrogens is 411 g/mol. The summed E-state index contributed by atoms with van der Waals surface area (Å²) in [6, 6.07) is 2.22. The molecule has 10 heteroatoms. The van der Waals surface area contributed by atoms with Crippen LogP contribution in [0.15, 0.2) is 24.5 Å². The maximum absolute atomic E-state index is 13.1. The third-order valence-corrected chi connectivity index (χ3v) is 5.89. The highest BCUT2D eigenvalue weighted by Gasteiger charge is 2.31. The number of pyridine rings is 1. The number of rotatable bonds is 4. The maximum Gasteiger partial charge on any atom is 0.417 e. The lowest BCUT2D eigenvalue weighted by molar-refractivity contribution is -0.137. The fraction of sp³-hybridized carbons (Fsp3) is 0.571. The highest BCUT2D eigenvalue weighted by atomic mass is 19.4. The Morgan fingerprint density at radius 1 is 1.16 bits per heavy atom. The van der Waals surface area contributed by atoms with Crippen LogP contribution in [0.1, 0.15) is 40.9 Å². The second kappa shape index (κ2) is 8.96. The van der Waals surface area contributed by atoms with Crippen molar-refractivity contribution in [3.05, 3.63) is 41.3 Å². The summed E-state index contributed by atoms with van der Waals surface area (Å²) in [5.41, 5.74) is 0.168. The predicted octanol–water partition coefficient (Wildman–Crippen LogP) is 2.92. The van der Waals surface area contributed by atoms with Crippen molar-refractivity contribution < 1.29 is 22.7 Å². The van der Waals surface area contributed by atoms with Crippen LogP contribution in [0.5, 0.6) is 0 Å². The summed E-state index contributed by atoms with van der Waals surface area (Å²) in [4.78, 5) is 21.2. The first-order valence-electron chi connectivity index (χ1n) is 10.5. The maximum atomic E-state index is 13.1. The van der Waals surface area contributed by atoms with Gasteiger partial charge in [-0.1, -0.05) is 0 Å². The van der Waals surface area contributed by atoms with E-state index in [2.05, 4.69) is 15.0 Å². The molecule has 2 aliphatic rings. The van der Waals surface area contributed by atoms with E-state index < -0.39 is 11.7 Å². The Balaban J connectivity index is 1.43. The van der Waals surface area contributed by atoms with E-state index in [1.807, 2.05) is 4.90 Å². The van der Waals surface area contributed by atoms with Gasteiger partial charge in [0.05, 0.1) is 29.1 Å². The molecule has 2 fully saturated rings. The average Bonchev–Trinajstić information content (AvgIpc) is 3.32. The van der Waals surface area contributed by atoms with Crippen molar-refractivity contribution in [2.45, 2.75) is 38.5 Å². The molecule has 7 nitrogen and oxygen atoms in total. The fourth-order valence-corrected chi connectivity index (χ4v) is 4.13. The Labute approximate surface area is 178 Å². The lowest BCUT2D eigenvalue weighted by atomic mass is 10.2. The predicted molar refractivity (Wildman–Crippen MR) is 107 cm³/mol. The summed E-state index contributed by atoms with van der Waals surface area (Å²) in [7, 11) is 0. The molecule has 0 saturated carbocycles. The van der Waals surface area contributed by atoms with Crippen molar-refractivity contribution >= 4 is 5.91 Å². The van der Waals surface area contributed by atoms with E-state index in [0.717, 1.165) is 57.8 Å². The first-order valence-corrected chi connectivity index (χ1v) is 10.5. The van der Waals surface area contributed by atoms with E-state index in [0.29, 0.717) is 30.5 Å². The highest BCUT2D eigenvalue weighted by molar-refractivity contribution is 5.95. The molecule has 0 unspecified atom stereocenters. The average molecular weight is 437 g/mol. The summed E-state index contributed by atoms with van der Waals surface area (Å²) in [5, 5.41) is 4.20. The summed E-state index contributed by atoms with van der Waals surface area (Å²) in [6.45, 7) is 6.45. The number of halogens is 3. The Kier molecular flexibility index (Phi) is 6.29. The van der Waals surface area contributed by atoms with Crippen LogP contribution in [0.25, 0.3) is 5.82 Å². The van der Waals surface area contributed by atoms with Crippen LogP contribution >= 0.6 is 0 Å². The first-order chi connectivity index (χ1) is 14.8. The molecule has 0 radical (unpaired) electrons. The Morgan fingerprint density at radius 2 is 2.00 bits per heavy atom. The molecule has 2 aliphatic heterocycles. The zero-order valence-corrected chi connectivity index (χ0v) is 17.4. The van der Waals surface area contributed by atoms with Gasteiger partial charge in [0.2, 0.25) is 0 Å². The summed E-state index contributed by atoms with van der Waals surface area (Å²) < 4.78 is 45.4. The molecule has 4 rings (SSSR count). The number of carbonyl (C=O) groups excluding carboxylic acids is 1. The van der Waals surface area contributed by atoms with E-state index in [1.54, 1.807) is 6.92 Å². The number of alkyl halides is 3. The molecule has 0 N–H and O–H groups in total. The van der Waals surface area contributed by atoms with Crippen LogP contribution < -0.4 is 0 Å². The van der Waals surface area contributed by atoms with E-state index in [9.17, 15) is 18.0 Å². The number of ether oxygens (including phenoxy) is 1. The lowest BCUT2D eigenvalue weighted by Gasteiger charge is -2.24. The minimum atomic E-state index is -4.45. The number of carbonyl (C=O) groups is 1. The SMILES string of the molecule is Cc1c(C(=O)N2CCCN(C[C@H]3CCCO3)CC2)cnn1-c1ccc(C(F)(F)F)cn1. The second-order valence-corrected chi connectivity index (χ2v) is 8.04. The van der Waals surface area contributed by atoms with Gasteiger partial charge >= 0.3 is 6.18 Å². The minimum Gasteiger partial charge on any atom is -0.377 e. The van der Waals surface area contributed by atoms with Crippen LogP contribution in [0.4, 0.5) is 13.2 Å². The molecule has 4 heterocycles. The monoisotopic (exact) mass is 437 g/mol. The lowest BCUT2D eigenvalue weighted by Crippen LogP contribution is -2.37. The van der Waals surface area contributed by atoms with Crippen molar-refractivity contribution in [3.63, 3.8) is 0 Å². The Hall–Kier alpha value is -2.46. The molecule has 2 aromatic rings. The van der Waals surface area contributed by atoms with E-state index in [1.165, 1.54) is 16.9 Å². The van der Waals surface area contributed by atoms with Crippen molar-refractivity contribution in [1.29, 1.82) is 0 Å². The minimum absolute atomic E-state index is 0.116. The van der Waals surface area contributed by atoms with Gasteiger partial charge in [-0.05, 0) is 44.9 Å². The molecule has 0 spiro atoms. The fourth-order valence-electron chi connectivity index (χ4n) is 4.13. The van der Waals surface area contributed by atoms with Crippen molar-refractivity contribution in [2.24, 2.45) is 0 Å². The zero-order chi connectivity index (χ0) is 22.0. The first kappa shape index (κ1) is 21.8. The van der Waals surface area contributed by atoms with E-state index >= 15 is 0 Å². The zero-order valence-electron chi connectivity index (χ0n) is 17.4. The van der Waals surface area contributed by atoms with Crippen molar-refractivity contribution in [1.82, 2.24) is 24.6 Å². The highest BCUT2D eigenvalue weighted by Crippen LogP contribution is 2.29. The molecular formula is C21H26F3N5O2. The third-order valence-electron chi connectivity index (χ3n) is 5.89. The van der Waals surface area contributed by atoms with Crippen LogP contribution in [0, 0.1) is 6.92 Å². The van der Waals surface area contributed by atoms with Crippen LogP contribution in [-0.4, -0.2) is 75.9 Å². The largest absolute Gasteiger partial charge is 0.417 e. The topological polar surface area (TPSA) is 63.5 Å². The van der Waals surface area contributed by atoms with Crippen molar-refractivity contribution in [3.8, 4) is 5.82 Å². The Morgan fingerprint density at radius 3 is 2.68 bits per heavy atom. The summed E-state index contributed by atoms with van der Waals surface area (Å²) in [6.07, 6.45) is 1.17. The molecule has 168 valence electrons. The second-order valence-electron chi connectivity index (χ2n) is 8.04. The molecule has 0 aromatic carbocycles. The number of nitrogens with zero attached hydrogens (tertiary/aromatic N) is 5. The van der Waals surface area contributed by atoms with Crippen LogP contribution in [-0.2, 0) is 10.9 Å². The van der Waals surface area contributed by atoms with Gasteiger partial charge in [0.1, 0.15) is 0 Å². The Bertz CT molecular complexity index is 907. The van der Waals surface area contributed by atoms with Gasteiger partial charge in [-0.25, -0.2) is 9.67 Å². The summed E-state index contributed by atoms with van der Waals surface area (Å²) in [5.74, 6) is 0.123. The molecule has 0 aliphatic carbocycles. The number of amides is 1. The van der Waals surface area contributed by atoms with E-state index in [-0.39, 0.29) is 11.7 Å². The van der Waals surface area contributed by atoms with Gasteiger partial charge in [0, 0.05) is 39.0 Å². The van der Waals surface area contributed by atoms with Gasteiger partial charge in [0.25, 0.3) is 5.91 Å². The number of hydrogen-bond acceptors (Lipinski definition) is 5. The normalized spacial score (nSPS) is 20.8. The third kappa shape index (κ3) is 4.90. The molecule has 31 heavy (non-hydrogen) atoms. The van der Waals surface area contributed by atoms with Gasteiger partial charge in [0.15, 0.2) is 5.82 Å². The number of hydrogen-bond donors (Lipinski definition) is 0. The standard InChI is InChI=1S/C21H26F3N5O2/c1-15-18(13-26-29(15)19-6-5-16(12-25-19)21(22,23)24)20(30)28-8-3-7-27(9-10-28)14-17-4-2-11-31-17/h5-6,12-13,17H,2-4,7-11,14H2,1H3/t17-/m1/s1. The van der Waals surface area contributed by atoms with Gasteiger partial charge in [-0.3, -0.25) is 9.69 Å². The van der Waals surface area contributed by atoms with E-state index in [4.69, 9.17) is 4.74 Å². The van der Waals surface area contributed by atoms with Gasteiger partial charge < -0.3 is 9.64 Å².